The summed E-state index contributed by atoms with van der Waals surface area (Å²) in [6.45, 7) is 29.3. The minimum atomic E-state index is -1.26. The summed E-state index contributed by atoms with van der Waals surface area (Å²) in [6.07, 6.45) is 2.05. The molecule has 0 aliphatic carbocycles. The predicted molar refractivity (Wildman–Crippen MR) is 477 cm³/mol. The number of carboxylic acids is 1. The van der Waals surface area contributed by atoms with Gasteiger partial charge in [-0.05, 0) is 150 Å². The number of aldehydes is 2. The largest absolute Gasteiger partial charge is 0.477 e. The highest BCUT2D eigenvalue weighted by Gasteiger charge is 2.18. The van der Waals surface area contributed by atoms with E-state index in [1.807, 2.05) is 13.6 Å². The summed E-state index contributed by atoms with van der Waals surface area (Å²) >= 11 is 0. The highest BCUT2D eigenvalue weighted by Crippen LogP contribution is 2.13. The summed E-state index contributed by atoms with van der Waals surface area (Å²) < 4.78 is 20.5. The average Bonchev–Trinajstić information content (AvgIpc) is 0.860. The highest BCUT2D eigenvalue weighted by atomic mass is 31.1. The molecule has 7 rings (SSSR count). The Kier molecular flexibility index (Phi) is 52.8. The van der Waals surface area contributed by atoms with E-state index in [2.05, 4.69) is 24.7 Å². The molecule has 10 N–H and O–H groups in total. The number of methoxy groups -OCH3 is 2. The van der Waals surface area contributed by atoms with Gasteiger partial charge in [0, 0.05) is 145 Å². The number of rotatable bonds is 22. The van der Waals surface area contributed by atoms with Gasteiger partial charge in [-0.1, -0.05) is 6.92 Å². The molecule has 0 aliphatic rings. The van der Waals surface area contributed by atoms with Crippen LogP contribution in [0.25, 0.3) is 0 Å². The average molecular weight is 1700 g/mol. The zero-order valence-corrected chi connectivity index (χ0v) is 69.9. The van der Waals surface area contributed by atoms with Crippen molar-refractivity contribution in [3.8, 4) is 6.01 Å². The molecule has 0 aliphatic heterocycles. The van der Waals surface area contributed by atoms with Gasteiger partial charge in [0.05, 0.1) is 42.8 Å². The van der Waals surface area contributed by atoms with E-state index in [0.29, 0.717) is 69.5 Å². The van der Waals surface area contributed by atoms with E-state index >= 15 is 0 Å². The van der Waals surface area contributed by atoms with E-state index in [4.69, 9.17) is 31.6 Å². The van der Waals surface area contributed by atoms with E-state index in [1.54, 1.807) is 82.0 Å². The molecule has 7 heterocycles. The van der Waals surface area contributed by atoms with Gasteiger partial charge in [0.2, 0.25) is 0 Å². The Morgan fingerprint density at radius 2 is 0.883 bits per heavy atom. The molecule has 5 unspecified atom stereocenters. The van der Waals surface area contributed by atoms with Crippen LogP contribution in [-0.4, -0.2) is 176 Å². The molecule has 7 aromatic rings. The van der Waals surface area contributed by atoms with Crippen molar-refractivity contribution in [2.45, 2.75) is 141 Å². The summed E-state index contributed by atoms with van der Waals surface area (Å²) in [4.78, 5) is 242. The number of aromatic carboxylic acids is 1. The van der Waals surface area contributed by atoms with Gasteiger partial charge in [-0.2, -0.15) is 0 Å². The van der Waals surface area contributed by atoms with Crippen LogP contribution in [0.2, 0.25) is 0 Å². The SMILES string of the molecule is CC(=N)N.CCCC(=O)c1cc(=O)n(CC)c(=O)n1PC.CCn1c(=O)cc(C(=O)CCN)n(PC)c1=O.CCn1c(=O)cc(C(=O)O)n(PC)c1=O.CCn1c(=O)cc(C)[nH]c1=O.CCn1c(=O)cc(C=O)[nH]c1=O.CCn1c(=O)cc(C=O)n(PC)c1=O.COC(=O)CC(C)=O.COc1nc(C)cc(=O)[nH]1.CPO.[HH].[HH].[HH].[HH].[HH].[HH].[HH].[HH].[HH].[HH].[HH].[HH].[HH].[HH].[HH].[HH].[HH].[HH].[HH].[HH].[HH]. The van der Waals surface area contributed by atoms with Crippen molar-refractivity contribution >= 4 is 91.4 Å². The standard InChI is InChI=1S/C11H17N2O3P.C10H16N3O3P.C8H11N2O4P.C8H11N2O3P.C7H8N2O3.C7H10N2O2.C6H8N2O2.C5H8O3.C2H6N2.CH5OP.21H2/c1-4-6-9(14)8-7-10(15)12(5-2)11(16)13(8)17-3;1-3-12-9(15)6-7(8(14)4-5-11)13(17-2)10(12)16;1-3-9-6(11)4-5(7(12)13)10(15-2)8(9)14;1-3-9-7(12)4-6(5-11)10(14-2)8(9)13;1-2-9-6(11)3-5(4-10)8-7(9)12;1-3-9-6(10)4-5(2)8-7(9)11;1-4-3-5(9)8-6(7-4)10-2;1-4(6)3-5(7)8-2;1-2(3)4;1-3-2;;;;;;;;;;;;;;;;;;;;;/h7,17H,4-6H2,1-3H3;6,17H,3-5,11H2,1-2H3;4,15H,3H2,1-2H3,(H,12,13);4-5,14H,3H2,1-2H3;3-4H,2H2,1H3,(H,8,12);4H,3H2,1-2H3,(H,8,11);3H,1-2H3,(H,7,8,9);3H2,1-2H3;1H3,(H3,3,4);2-3H,1H3;21*1H. The number of nitrogens with zero attached hydrogens (tertiary/aromatic N) is 11. The molecule has 46 heteroatoms. The number of nitrogens with one attached hydrogen (secondary N) is 4. The molecule has 0 radical (unpaired) electrons. The Morgan fingerprint density at radius 1 is 0.532 bits per heavy atom. The molecule has 111 heavy (non-hydrogen) atoms. The highest BCUT2D eigenvalue weighted by molar-refractivity contribution is 7.36. The molecule has 5 atom stereocenters. The van der Waals surface area contributed by atoms with Crippen LogP contribution in [0.5, 0.6) is 6.01 Å². The lowest BCUT2D eigenvalue weighted by Gasteiger charge is -2.11. The smallest absolute Gasteiger partial charge is 0.353 e. The lowest BCUT2D eigenvalue weighted by Crippen LogP contribution is -2.39. The van der Waals surface area contributed by atoms with Gasteiger partial charge >= 0.3 is 46.1 Å². The van der Waals surface area contributed by atoms with E-state index in [9.17, 15) is 95.9 Å². The fourth-order valence-corrected chi connectivity index (χ4v) is 11.3. The summed E-state index contributed by atoms with van der Waals surface area (Å²) in [6, 6.07) is 8.83. The van der Waals surface area contributed by atoms with Gasteiger partial charge in [-0.25, -0.2) is 38.5 Å². The molecule has 0 spiro atoms. The summed E-state index contributed by atoms with van der Waals surface area (Å²) in [5, 5.41) is 15.1. The first-order chi connectivity index (χ1) is 52.2. The van der Waals surface area contributed by atoms with Crippen molar-refractivity contribution in [1.82, 2.24) is 64.7 Å². The van der Waals surface area contributed by atoms with Crippen molar-refractivity contribution in [3.05, 3.63) is 218 Å². The lowest BCUT2D eigenvalue weighted by atomic mass is 10.2. The normalized spacial score (nSPS) is 10.3. The number of carboxylic acid groups (broad SMARTS) is 1. The zero-order valence-electron chi connectivity index (χ0n) is 64.9. The van der Waals surface area contributed by atoms with E-state index in [-0.39, 0.29) is 180 Å². The molecule has 0 bridgehead atoms. The fourth-order valence-electron chi connectivity index (χ4n) is 8.39. The number of aromatic nitrogens is 14. The number of aryl methyl sites for hydroxylation is 2. The third kappa shape index (κ3) is 35.4. The van der Waals surface area contributed by atoms with Crippen molar-refractivity contribution in [2.24, 2.45) is 11.5 Å². The first-order valence-corrected chi connectivity index (χ1v) is 40.4. The molecule has 0 saturated heterocycles. The van der Waals surface area contributed by atoms with Crippen LogP contribution in [0.15, 0.2) is 105 Å². The van der Waals surface area contributed by atoms with Gasteiger partial charge in [-0.3, -0.25) is 117 Å². The number of ether oxygens (including phenoxy) is 2. The third-order valence-electron chi connectivity index (χ3n) is 13.3. The second kappa shape index (κ2) is 55.9. The topological polar surface area (TPSA) is 586 Å². The molecule has 656 valence electrons. The summed E-state index contributed by atoms with van der Waals surface area (Å²) in [5.41, 5.74) is 6.15. The Labute approximate surface area is 673 Å². The Hall–Kier alpha value is -10.4. The van der Waals surface area contributed by atoms with Crippen LogP contribution in [0.1, 0.15) is 182 Å². The van der Waals surface area contributed by atoms with Gasteiger partial charge in [0.15, 0.2) is 24.1 Å². The summed E-state index contributed by atoms with van der Waals surface area (Å²) in [5.74, 6) is -2.14. The molecular weight excluding hydrogens is 1560 g/mol. The summed E-state index contributed by atoms with van der Waals surface area (Å²) in [7, 11) is 3.17. The number of hydrogen-bond donors (Lipinski definition) is 8. The second-order valence-corrected chi connectivity index (χ2v) is 25.3. The van der Waals surface area contributed by atoms with Crippen LogP contribution in [0.3, 0.4) is 0 Å². The number of hydrogen-bond acceptors (Lipinski definition) is 26. The first kappa shape index (κ1) is 105. The second-order valence-electron chi connectivity index (χ2n) is 21.2. The van der Waals surface area contributed by atoms with E-state index in [1.165, 1.54) is 71.4 Å². The van der Waals surface area contributed by atoms with Crippen molar-refractivity contribution in [2.75, 3.05) is 54.1 Å². The Bertz CT molecular complexity index is 5050. The van der Waals surface area contributed by atoms with E-state index < -0.39 is 62.5 Å². The Morgan fingerprint density at radius 3 is 1.18 bits per heavy atom. The number of Topliss-reactive ketones (excluding diaryl/α,β-unsaturated/α-hetero) is 3. The van der Waals surface area contributed by atoms with Crippen LogP contribution in [-0.2, 0) is 53.6 Å². The number of carbonyl (C=O) groups is 7. The first-order valence-electron chi connectivity index (χ1n) is 33.2. The number of carbonyl (C=O) groups excluding carboxylic acids is 6. The third-order valence-corrected chi connectivity index (χ3v) is 16.9. The van der Waals surface area contributed by atoms with Gasteiger partial charge in [0.1, 0.15) is 17.9 Å². The van der Waals surface area contributed by atoms with Crippen molar-refractivity contribution < 1.29 is 83.0 Å². The van der Waals surface area contributed by atoms with Crippen LogP contribution >= 0.6 is 43.7 Å². The van der Waals surface area contributed by atoms with Crippen molar-refractivity contribution in [3.63, 3.8) is 0 Å². The molecule has 0 aromatic carbocycles. The lowest BCUT2D eigenvalue weighted by molar-refractivity contribution is -0.143. The number of H-pyrrole nitrogens is 3. The quantitative estimate of drug-likeness (QED) is 0.00822. The van der Waals surface area contributed by atoms with Crippen LogP contribution in [0, 0.1) is 19.3 Å². The number of amidine groups is 1. The minimum absolute atomic E-state index is 0. The van der Waals surface area contributed by atoms with Crippen LogP contribution < -0.4 is 89.3 Å². The monoisotopic (exact) mass is 1700 g/mol. The Balaban J connectivity index is -0.0000000447. The van der Waals surface area contributed by atoms with Gasteiger partial charge < -0.3 is 40.9 Å². The van der Waals surface area contributed by atoms with Crippen molar-refractivity contribution in [1.29, 1.82) is 5.41 Å². The van der Waals surface area contributed by atoms with Gasteiger partial charge in [0.25, 0.3) is 44.9 Å². The number of nitrogens with two attached hydrogens (primary N) is 2. The maximum Gasteiger partial charge on any atom is 0.353 e. The van der Waals surface area contributed by atoms with Gasteiger partial charge in [-0.15, -0.1) is 0 Å². The molecule has 0 amide bonds. The molecule has 7 aromatic heterocycles. The molecule has 41 nitrogen and oxygen atoms in total. The predicted octanol–water partition coefficient (Wildman–Crippen LogP) is 5.20. The fraction of sp³-hybridized carbons (Fsp3) is 0.446. The molecular formula is C65H142N17O24P5. The zero-order chi connectivity index (χ0) is 86.3. The van der Waals surface area contributed by atoms with Crippen LogP contribution in [0.4, 0.5) is 0 Å². The maximum atomic E-state index is 12.0. The number of esters is 1. The maximum absolute atomic E-state index is 12.0. The number of ketones is 3. The van der Waals surface area contributed by atoms with E-state index in [0.717, 1.165) is 43.9 Å². The molecule has 0 fully saturated rings. The minimum Gasteiger partial charge on any atom is -0.477 e. The number of aromatic amines is 3. The molecule has 0 saturated carbocycles.